The van der Waals surface area contributed by atoms with Gasteiger partial charge in [-0.25, -0.2) is 8.42 Å². The minimum absolute atomic E-state index is 0.105. The van der Waals surface area contributed by atoms with E-state index in [-0.39, 0.29) is 11.4 Å². The molecule has 0 unspecified atom stereocenters. The highest BCUT2D eigenvalue weighted by Crippen LogP contribution is 2.38. The van der Waals surface area contributed by atoms with E-state index in [0.717, 1.165) is 28.8 Å². The maximum absolute atomic E-state index is 13.6. The summed E-state index contributed by atoms with van der Waals surface area (Å²) < 4.78 is 39.6. The SMILES string of the molecule is CCc1cccc(C)c1NC(=O)[C@H]1CN(S(=O)(=O)c2ccc(OC)cc2)c2ccc(C)cc2O1. The Balaban J connectivity index is 1.70. The summed E-state index contributed by atoms with van der Waals surface area (Å²) in [6.07, 6.45) is -0.269. The van der Waals surface area contributed by atoms with Crippen molar-refractivity contribution in [2.24, 2.45) is 0 Å². The van der Waals surface area contributed by atoms with Crippen molar-refractivity contribution in [3.05, 3.63) is 77.4 Å². The van der Waals surface area contributed by atoms with Crippen LogP contribution in [0.2, 0.25) is 0 Å². The summed E-state index contributed by atoms with van der Waals surface area (Å²) in [6.45, 7) is 5.68. The van der Waals surface area contributed by atoms with Crippen molar-refractivity contribution in [1.82, 2.24) is 0 Å². The van der Waals surface area contributed by atoms with Gasteiger partial charge in [0, 0.05) is 5.69 Å². The average Bonchev–Trinajstić information content (AvgIpc) is 2.84. The molecule has 1 aliphatic heterocycles. The second-order valence-corrected chi connectivity index (χ2v) is 10.1. The molecule has 7 nitrogen and oxygen atoms in total. The molecule has 0 aliphatic carbocycles. The summed E-state index contributed by atoms with van der Waals surface area (Å²) in [5, 5.41) is 2.97. The summed E-state index contributed by atoms with van der Waals surface area (Å²) in [5.41, 5.74) is 3.97. The van der Waals surface area contributed by atoms with Gasteiger partial charge in [-0.1, -0.05) is 31.2 Å². The number of rotatable bonds is 6. The van der Waals surface area contributed by atoms with E-state index in [4.69, 9.17) is 9.47 Å². The number of fused-ring (bicyclic) bond motifs is 1. The van der Waals surface area contributed by atoms with E-state index in [2.05, 4.69) is 5.32 Å². The number of amides is 1. The van der Waals surface area contributed by atoms with Crippen LogP contribution in [0.25, 0.3) is 0 Å². The minimum atomic E-state index is -3.96. The van der Waals surface area contributed by atoms with E-state index in [1.165, 1.54) is 23.5 Å². The van der Waals surface area contributed by atoms with Crippen LogP contribution < -0.4 is 19.1 Å². The van der Waals surface area contributed by atoms with Gasteiger partial charge < -0.3 is 14.8 Å². The molecule has 178 valence electrons. The molecular formula is C26H28N2O5S. The quantitative estimate of drug-likeness (QED) is 0.563. The number of ether oxygens (including phenoxy) is 2. The number of nitrogens with zero attached hydrogens (tertiary/aromatic N) is 1. The third-order valence-electron chi connectivity index (χ3n) is 5.91. The van der Waals surface area contributed by atoms with Crippen LogP contribution in [0.1, 0.15) is 23.6 Å². The molecule has 0 saturated heterocycles. The van der Waals surface area contributed by atoms with Crippen molar-refractivity contribution in [3.63, 3.8) is 0 Å². The van der Waals surface area contributed by atoms with E-state index in [1.807, 2.05) is 45.0 Å². The molecule has 1 N–H and O–H groups in total. The van der Waals surface area contributed by atoms with Crippen molar-refractivity contribution >= 4 is 27.3 Å². The lowest BCUT2D eigenvalue weighted by Gasteiger charge is -2.35. The smallest absolute Gasteiger partial charge is 0.267 e. The van der Waals surface area contributed by atoms with Gasteiger partial charge in [-0.15, -0.1) is 0 Å². The lowest BCUT2D eigenvalue weighted by molar-refractivity contribution is -0.122. The molecule has 1 aliphatic rings. The first kappa shape index (κ1) is 23.6. The summed E-state index contributed by atoms with van der Waals surface area (Å²) in [6, 6.07) is 17.3. The zero-order valence-corrected chi connectivity index (χ0v) is 20.5. The number of hydrogen-bond donors (Lipinski definition) is 1. The zero-order valence-electron chi connectivity index (χ0n) is 19.7. The topological polar surface area (TPSA) is 84.9 Å². The Morgan fingerprint density at radius 1 is 1.12 bits per heavy atom. The second kappa shape index (κ2) is 9.38. The van der Waals surface area contributed by atoms with Gasteiger partial charge in [-0.3, -0.25) is 9.10 Å². The van der Waals surface area contributed by atoms with Crippen LogP contribution in [0.15, 0.2) is 65.6 Å². The molecule has 34 heavy (non-hydrogen) atoms. The lowest BCUT2D eigenvalue weighted by atomic mass is 10.1. The highest BCUT2D eigenvalue weighted by Gasteiger charge is 2.38. The zero-order chi connectivity index (χ0) is 24.5. The number of nitrogens with one attached hydrogen (secondary N) is 1. The van der Waals surface area contributed by atoms with Crippen molar-refractivity contribution in [1.29, 1.82) is 0 Å². The first-order valence-electron chi connectivity index (χ1n) is 11.1. The lowest BCUT2D eigenvalue weighted by Crippen LogP contribution is -2.49. The predicted molar refractivity (Wildman–Crippen MR) is 132 cm³/mol. The number of anilines is 2. The van der Waals surface area contributed by atoms with E-state index < -0.39 is 22.0 Å². The summed E-state index contributed by atoms with van der Waals surface area (Å²) in [7, 11) is -2.44. The molecule has 0 radical (unpaired) electrons. The highest BCUT2D eigenvalue weighted by molar-refractivity contribution is 7.92. The summed E-state index contributed by atoms with van der Waals surface area (Å²) in [5.74, 6) is 0.509. The first-order valence-corrected chi connectivity index (χ1v) is 12.5. The molecule has 0 saturated carbocycles. The third kappa shape index (κ3) is 4.46. The number of benzene rings is 3. The fraction of sp³-hybridized carbons (Fsp3) is 0.269. The predicted octanol–water partition coefficient (Wildman–Crippen LogP) is 4.47. The van der Waals surface area contributed by atoms with Gasteiger partial charge >= 0.3 is 0 Å². The number of carbonyl (C=O) groups is 1. The molecular weight excluding hydrogens is 452 g/mol. The van der Waals surface area contributed by atoms with Gasteiger partial charge in [0.25, 0.3) is 15.9 Å². The number of aryl methyl sites for hydroxylation is 3. The Morgan fingerprint density at radius 3 is 2.53 bits per heavy atom. The molecule has 3 aromatic rings. The van der Waals surface area contributed by atoms with Gasteiger partial charge in [0.2, 0.25) is 0 Å². The number of methoxy groups -OCH3 is 1. The van der Waals surface area contributed by atoms with Crippen molar-refractivity contribution in [2.75, 3.05) is 23.3 Å². The van der Waals surface area contributed by atoms with Crippen LogP contribution >= 0.6 is 0 Å². The maximum Gasteiger partial charge on any atom is 0.267 e. The fourth-order valence-electron chi connectivity index (χ4n) is 4.01. The van der Waals surface area contributed by atoms with Crippen LogP contribution in [0, 0.1) is 13.8 Å². The number of carbonyl (C=O) groups excluding carboxylic acids is 1. The molecule has 0 fully saturated rings. The fourth-order valence-corrected chi connectivity index (χ4v) is 5.48. The first-order chi connectivity index (χ1) is 16.2. The molecule has 0 bridgehead atoms. The highest BCUT2D eigenvalue weighted by atomic mass is 32.2. The normalized spacial score (nSPS) is 15.3. The van der Waals surface area contributed by atoms with Gasteiger partial charge in [-0.2, -0.15) is 0 Å². The van der Waals surface area contributed by atoms with Crippen LogP contribution in [0.5, 0.6) is 11.5 Å². The van der Waals surface area contributed by atoms with Crippen LogP contribution in [0.4, 0.5) is 11.4 Å². The molecule has 4 rings (SSSR count). The number of hydrogen-bond acceptors (Lipinski definition) is 5. The van der Waals surface area contributed by atoms with E-state index in [1.54, 1.807) is 24.3 Å². The second-order valence-electron chi connectivity index (χ2n) is 8.24. The summed E-state index contributed by atoms with van der Waals surface area (Å²) >= 11 is 0. The Bertz CT molecular complexity index is 1320. The molecule has 1 atom stereocenters. The molecule has 1 heterocycles. The Hall–Kier alpha value is -3.52. The molecule has 1 amide bonds. The van der Waals surface area contributed by atoms with Gasteiger partial charge in [0.05, 0.1) is 24.2 Å². The number of para-hydroxylation sites is 1. The largest absolute Gasteiger partial charge is 0.497 e. The third-order valence-corrected chi connectivity index (χ3v) is 7.71. The van der Waals surface area contributed by atoms with E-state index in [9.17, 15) is 13.2 Å². The molecule has 3 aromatic carbocycles. The Kier molecular flexibility index (Phi) is 6.52. The summed E-state index contributed by atoms with van der Waals surface area (Å²) in [4.78, 5) is 13.4. The Labute approximate surface area is 200 Å². The van der Waals surface area contributed by atoms with Crippen LogP contribution in [-0.4, -0.2) is 34.1 Å². The van der Waals surface area contributed by atoms with Crippen molar-refractivity contribution in [3.8, 4) is 11.5 Å². The molecule has 0 aromatic heterocycles. The van der Waals surface area contributed by atoms with Crippen LogP contribution in [-0.2, 0) is 21.2 Å². The average molecular weight is 481 g/mol. The van der Waals surface area contributed by atoms with E-state index in [0.29, 0.717) is 17.2 Å². The molecule has 8 heteroatoms. The maximum atomic E-state index is 13.6. The monoisotopic (exact) mass is 480 g/mol. The Morgan fingerprint density at radius 2 is 1.85 bits per heavy atom. The van der Waals surface area contributed by atoms with Crippen LogP contribution in [0.3, 0.4) is 0 Å². The van der Waals surface area contributed by atoms with Gasteiger partial charge in [0.15, 0.2) is 6.10 Å². The van der Waals surface area contributed by atoms with Crippen molar-refractivity contribution < 1.29 is 22.7 Å². The molecule has 0 spiro atoms. The standard InChI is InChI=1S/C26H28N2O5S/c1-5-19-8-6-7-18(3)25(19)27-26(29)24-16-28(22-14-9-17(2)15-23(22)33-24)34(30,31)21-12-10-20(32-4)11-13-21/h6-15,24H,5,16H2,1-4H3,(H,27,29)/t24-/m1/s1. The van der Waals surface area contributed by atoms with E-state index >= 15 is 0 Å². The van der Waals surface area contributed by atoms with Gasteiger partial charge in [0.1, 0.15) is 11.5 Å². The van der Waals surface area contributed by atoms with Crippen molar-refractivity contribution in [2.45, 2.75) is 38.2 Å². The minimum Gasteiger partial charge on any atom is -0.497 e. The van der Waals surface area contributed by atoms with Gasteiger partial charge in [-0.05, 0) is 73.4 Å². The number of sulfonamides is 1.